The summed E-state index contributed by atoms with van der Waals surface area (Å²) >= 11 is 11.8. The van der Waals surface area contributed by atoms with Crippen molar-refractivity contribution in [1.82, 2.24) is 4.31 Å². The average molecular weight is 429 g/mol. The van der Waals surface area contributed by atoms with Crippen LogP contribution < -0.4 is 5.32 Å². The average Bonchev–Trinajstić information content (AvgIpc) is 2.60. The van der Waals surface area contributed by atoms with Crippen molar-refractivity contribution in [2.24, 2.45) is 0 Å². The molecule has 0 saturated carbocycles. The molecule has 0 aliphatic rings. The Bertz CT molecular complexity index is 875. The van der Waals surface area contributed by atoms with E-state index in [2.05, 4.69) is 5.32 Å². The molecule has 146 valence electrons. The van der Waals surface area contributed by atoms with Gasteiger partial charge in [-0.3, -0.25) is 4.79 Å². The van der Waals surface area contributed by atoms with Crippen LogP contribution >= 0.6 is 23.2 Å². The molecule has 0 aliphatic heterocycles. The molecule has 2 aromatic rings. The molecule has 8 heteroatoms. The number of halogens is 2. The van der Waals surface area contributed by atoms with Gasteiger partial charge < -0.3 is 5.32 Å². The van der Waals surface area contributed by atoms with Crippen molar-refractivity contribution in [3.8, 4) is 0 Å². The number of rotatable bonds is 8. The van der Waals surface area contributed by atoms with Crippen LogP contribution in [0.1, 0.15) is 25.8 Å². The predicted octanol–water partition coefficient (Wildman–Crippen LogP) is 4.60. The van der Waals surface area contributed by atoms with Gasteiger partial charge in [-0.15, -0.1) is 0 Å². The van der Waals surface area contributed by atoms with E-state index in [-0.39, 0.29) is 17.2 Å². The highest BCUT2D eigenvalue weighted by molar-refractivity contribution is 7.89. The third-order valence-electron chi connectivity index (χ3n) is 4.05. The zero-order valence-electron chi connectivity index (χ0n) is 15.2. The Kier molecular flexibility index (Phi) is 7.68. The number of anilines is 1. The Balaban J connectivity index is 1.97. The minimum absolute atomic E-state index is 0.173. The first-order valence-electron chi connectivity index (χ1n) is 8.61. The van der Waals surface area contributed by atoms with E-state index in [0.717, 1.165) is 5.56 Å². The Hall–Kier alpha value is -1.60. The van der Waals surface area contributed by atoms with Gasteiger partial charge in [0.05, 0.1) is 4.90 Å². The van der Waals surface area contributed by atoms with Crippen molar-refractivity contribution in [2.75, 3.05) is 18.4 Å². The van der Waals surface area contributed by atoms with E-state index < -0.39 is 10.0 Å². The molecule has 0 saturated heterocycles. The highest BCUT2D eigenvalue weighted by Crippen LogP contribution is 2.23. The standard InChI is InChI=1S/C19H22Cl2N2O3S/c1-3-23(4-2)27(25,26)18-8-5-14(6-9-18)7-10-19(24)22-17-12-15(20)11-16(21)13-17/h5-6,8-9,11-13H,3-4,7,10H2,1-2H3,(H,22,24). The molecule has 0 aromatic heterocycles. The molecule has 0 atom stereocenters. The van der Waals surface area contributed by atoms with Crippen molar-refractivity contribution < 1.29 is 13.2 Å². The molecule has 27 heavy (non-hydrogen) atoms. The van der Waals surface area contributed by atoms with Gasteiger partial charge in [0.15, 0.2) is 0 Å². The molecule has 0 aliphatic carbocycles. The van der Waals surface area contributed by atoms with Gasteiger partial charge in [-0.1, -0.05) is 49.2 Å². The van der Waals surface area contributed by atoms with Crippen LogP contribution in [0.2, 0.25) is 10.0 Å². The molecule has 1 amide bonds. The summed E-state index contributed by atoms with van der Waals surface area (Å²) in [4.78, 5) is 12.4. The second-order valence-corrected chi connectivity index (χ2v) is 8.75. The van der Waals surface area contributed by atoms with Crippen LogP contribution in [0.3, 0.4) is 0 Å². The third kappa shape index (κ3) is 5.94. The van der Waals surface area contributed by atoms with E-state index >= 15 is 0 Å². The van der Waals surface area contributed by atoms with E-state index in [0.29, 0.717) is 35.2 Å². The Morgan fingerprint density at radius 1 is 1.00 bits per heavy atom. The van der Waals surface area contributed by atoms with Gasteiger partial charge in [-0.25, -0.2) is 8.42 Å². The summed E-state index contributed by atoms with van der Waals surface area (Å²) in [5.41, 5.74) is 1.42. The monoisotopic (exact) mass is 428 g/mol. The van der Waals surface area contributed by atoms with E-state index in [1.165, 1.54) is 4.31 Å². The number of aryl methyl sites for hydroxylation is 1. The van der Waals surface area contributed by atoms with Crippen molar-refractivity contribution in [3.05, 3.63) is 58.1 Å². The SMILES string of the molecule is CCN(CC)S(=O)(=O)c1ccc(CCC(=O)Nc2cc(Cl)cc(Cl)c2)cc1. The minimum atomic E-state index is -3.47. The molecule has 0 fully saturated rings. The number of benzene rings is 2. The summed E-state index contributed by atoms with van der Waals surface area (Å²) in [5, 5.41) is 3.64. The molecule has 2 rings (SSSR count). The largest absolute Gasteiger partial charge is 0.326 e. The minimum Gasteiger partial charge on any atom is -0.326 e. The van der Waals surface area contributed by atoms with Crippen LogP contribution in [0.5, 0.6) is 0 Å². The Labute approximate surface area is 170 Å². The first-order valence-corrected chi connectivity index (χ1v) is 10.8. The molecular weight excluding hydrogens is 407 g/mol. The fourth-order valence-corrected chi connectivity index (χ4v) is 4.63. The van der Waals surface area contributed by atoms with Gasteiger partial charge in [0.1, 0.15) is 0 Å². The van der Waals surface area contributed by atoms with Crippen LogP contribution in [0.4, 0.5) is 5.69 Å². The van der Waals surface area contributed by atoms with Gasteiger partial charge in [0, 0.05) is 35.2 Å². The maximum absolute atomic E-state index is 12.5. The summed E-state index contributed by atoms with van der Waals surface area (Å²) in [7, 11) is -3.47. The van der Waals surface area contributed by atoms with Gasteiger partial charge in [-0.05, 0) is 42.3 Å². The van der Waals surface area contributed by atoms with Crippen LogP contribution in [0, 0.1) is 0 Å². The van der Waals surface area contributed by atoms with Crippen molar-refractivity contribution in [2.45, 2.75) is 31.6 Å². The van der Waals surface area contributed by atoms with Gasteiger partial charge in [-0.2, -0.15) is 4.31 Å². The zero-order valence-corrected chi connectivity index (χ0v) is 17.5. The first kappa shape index (κ1) is 21.7. The van der Waals surface area contributed by atoms with Crippen LogP contribution in [-0.2, 0) is 21.2 Å². The molecule has 1 N–H and O–H groups in total. The smallest absolute Gasteiger partial charge is 0.243 e. The lowest BCUT2D eigenvalue weighted by atomic mass is 10.1. The Morgan fingerprint density at radius 2 is 1.56 bits per heavy atom. The summed E-state index contributed by atoms with van der Waals surface area (Å²) in [6.45, 7) is 4.46. The lowest BCUT2D eigenvalue weighted by Crippen LogP contribution is -2.30. The highest BCUT2D eigenvalue weighted by Gasteiger charge is 2.21. The summed E-state index contributed by atoms with van der Waals surface area (Å²) in [5.74, 6) is -0.173. The number of hydrogen-bond donors (Lipinski definition) is 1. The van der Waals surface area contributed by atoms with Crippen LogP contribution in [0.15, 0.2) is 47.4 Å². The fraction of sp³-hybridized carbons (Fsp3) is 0.316. The second kappa shape index (κ2) is 9.55. The molecule has 0 bridgehead atoms. The number of nitrogens with zero attached hydrogens (tertiary/aromatic N) is 1. The highest BCUT2D eigenvalue weighted by atomic mass is 35.5. The second-order valence-electron chi connectivity index (χ2n) is 5.94. The third-order valence-corrected chi connectivity index (χ3v) is 6.55. The summed E-state index contributed by atoms with van der Waals surface area (Å²) < 4.78 is 26.3. The number of hydrogen-bond acceptors (Lipinski definition) is 3. The molecule has 5 nitrogen and oxygen atoms in total. The molecule has 0 heterocycles. The van der Waals surface area contributed by atoms with E-state index in [9.17, 15) is 13.2 Å². The number of sulfonamides is 1. The zero-order chi connectivity index (χ0) is 20.0. The lowest BCUT2D eigenvalue weighted by molar-refractivity contribution is -0.116. The topological polar surface area (TPSA) is 66.5 Å². The lowest BCUT2D eigenvalue weighted by Gasteiger charge is -2.18. The van der Waals surface area contributed by atoms with Gasteiger partial charge in [0.25, 0.3) is 0 Å². The number of carbonyl (C=O) groups is 1. The number of carbonyl (C=O) groups excluding carboxylic acids is 1. The van der Waals surface area contributed by atoms with Crippen molar-refractivity contribution in [3.63, 3.8) is 0 Å². The molecule has 2 aromatic carbocycles. The van der Waals surface area contributed by atoms with Gasteiger partial charge >= 0.3 is 0 Å². The Morgan fingerprint density at radius 3 is 2.07 bits per heavy atom. The maximum Gasteiger partial charge on any atom is 0.243 e. The number of amides is 1. The predicted molar refractivity (Wildman–Crippen MR) is 110 cm³/mol. The fourth-order valence-electron chi connectivity index (χ4n) is 2.65. The molecule has 0 radical (unpaired) electrons. The normalized spacial score (nSPS) is 11.6. The first-order chi connectivity index (χ1) is 12.8. The maximum atomic E-state index is 12.5. The van der Waals surface area contributed by atoms with Crippen molar-refractivity contribution >= 4 is 44.8 Å². The molecular formula is C19H22Cl2N2O3S. The molecule has 0 spiro atoms. The summed E-state index contributed by atoms with van der Waals surface area (Å²) in [6.07, 6.45) is 0.748. The quantitative estimate of drug-likeness (QED) is 0.667. The van der Waals surface area contributed by atoms with E-state index in [1.807, 2.05) is 0 Å². The van der Waals surface area contributed by atoms with E-state index in [1.54, 1.807) is 56.3 Å². The van der Waals surface area contributed by atoms with Crippen LogP contribution in [0.25, 0.3) is 0 Å². The van der Waals surface area contributed by atoms with E-state index in [4.69, 9.17) is 23.2 Å². The van der Waals surface area contributed by atoms with Crippen LogP contribution in [-0.4, -0.2) is 31.7 Å². The van der Waals surface area contributed by atoms with Crippen molar-refractivity contribution in [1.29, 1.82) is 0 Å². The van der Waals surface area contributed by atoms with Gasteiger partial charge in [0.2, 0.25) is 15.9 Å². The summed E-state index contributed by atoms with van der Waals surface area (Å²) in [6, 6.07) is 11.5. The number of nitrogens with one attached hydrogen (secondary N) is 1. The molecule has 0 unspecified atom stereocenters.